The van der Waals surface area contributed by atoms with E-state index in [0.29, 0.717) is 0 Å². The third-order valence-electron chi connectivity index (χ3n) is 5.37. The fourth-order valence-corrected chi connectivity index (χ4v) is 3.75. The van der Waals surface area contributed by atoms with Crippen LogP contribution < -0.4 is 0 Å². The summed E-state index contributed by atoms with van der Waals surface area (Å²) in [5.41, 5.74) is 0.0889. The maximum Gasteiger partial charge on any atom is 0.338 e. The molecule has 0 aromatic heterocycles. The van der Waals surface area contributed by atoms with Crippen molar-refractivity contribution in [1.82, 2.24) is 0 Å². The van der Waals surface area contributed by atoms with Crippen molar-refractivity contribution in [2.45, 2.75) is 31.2 Å². The van der Waals surface area contributed by atoms with Gasteiger partial charge in [-0.2, -0.15) is 0 Å². The Balaban J connectivity index is 1.72. The summed E-state index contributed by atoms with van der Waals surface area (Å²) in [5.74, 6) is -5.46. The van der Waals surface area contributed by atoms with Gasteiger partial charge in [0.25, 0.3) is 0 Å². The lowest BCUT2D eigenvalue weighted by atomic mass is 9.89. The molecule has 2 aromatic rings. The fraction of sp³-hybridized carbons (Fsp3) is 0.227. The number of phenols is 6. The fourth-order valence-electron chi connectivity index (χ4n) is 3.75. The number of hydrogen-bond donors (Lipinski definition) is 8. The summed E-state index contributed by atoms with van der Waals surface area (Å²) < 4.78 is 11.3. The predicted octanol–water partition coefficient (Wildman–Crippen LogP) is 2.07. The van der Waals surface area contributed by atoms with E-state index in [1.54, 1.807) is 0 Å². The number of carbonyl (C=O) groups excluding carboxylic acids is 1. The van der Waals surface area contributed by atoms with Gasteiger partial charge in [0.15, 0.2) is 40.6 Å². The van der Waals surface area contributed by atoms with Gasteiger partial charge in [0.1, 0.15) is 17.6 Å². The third kappa shape index (κ3) is 4.01. The number of ether oxygens (including phenoxy) is 2. The van der Waals surface area contributed by atoms with Crippen LogP contribution in [0.3, 0.4) is 0 Å². The van der Waals surface area contributed by atoms with E-state index in [-0.39, 0.29) is 41.1 Å². The molecule has 1 fully saturated rings. The highest BCUT2D eigenvalue weighted by atomic mass is 16.6. The molecule has 0 radical (unpaired) electrons. The topological polar surface area (TPSA) is 197 Å². The first-order valence-corrected chi connectivity index (χ1v) is 9.73. The summed E-state index contributed by atoms with van der Waals surface area (Å²) in [6.45, 7) is 0. The van der Waals surface area contributed by atoms with Crippen molar-refractivity contribution in [1.29, 1.82) is 0 Å². The zero-order chi connectivity index (χ0) is 24.0. The predicted molar refractivity (Wildman–Crippen MR) is 109 cm³/mol. The first-order valence-electron chi connectivity index (χ1n) is 9.73. The van der Waals surface area contributed by atoms with Gasteiger partial charge in [0.2, 0.25) is 0 Å². The van der Waals surface area contributed by atoms with Crippen LogP contribution in [0.5, 0.6) is 34.5 Å². The normalized spacial score (nSPS) is 22.2. The van der Waals surface area contributed by atoms with Crippen LogP contribution in [0.15, 0.2) is 47.4 Å². The Morgan fingerprint density at radius 2 is 1.39 bits per heavy atom. The number of fused-ring (bicyclic) bond motifs is 1. The zero-order valence-electron chi connectivity index (χ0n) is 16.8. The third-order valence-corrected chi connectivity index (χ3v) is 5.37. The average Bonchev–Trinajstić information content (AvgIpc) is 2.75. The van der Waals surface area contributed by atoms with E-state index in [0.717, 1.165) is 24.3 Å². The van der Waals surface area contributed by atoms with Crippen molar-refractivity contribution in [2.24, 2.45) is 0 Å². The van der Waals surface area contributed by atoms with E-state index < -0.39 is 58.8 Å². The summed E-state index contributed by atoms with van der Waals surface area (Å²) in [4.78, 5) is 12.7. The van der Waals surface area contributed by atoms with Crippen molar-refractivity contribution in [3.8, 4) is 34.5 Å². The highest BCUT2D eigenvalue weighted by Crippen LogP contribution is 2.46. The molecule has 0 spiro atoms. The molecule has 0 saturated carbocycles. The first-order chi connectivity index (χ1) is 15.5. The molecule has 1 aliphatic heterocycles. The van der Waals surface area contributed by atoms with Crippen LogP contribution in [0.4, 0.5) is 0 Å². The number of hydrogen-bond acceptors (Lipinski definition) is 11. The van der Waals surface area contributed by atoms with E-state index >= 15 is 0 Å². The van der Waals surface area contributed by atoms with Crippen LogP contribution in [-0.4, -0.2) is 59.0 Å². The lowest BCUT2D eigenvalue weighted by Crippen LogP contribution is -2.34. The molecule has 11 nitrogen and oxygen atoms in total. The van der Waals surface area contributed by atoms with E-state index in [1.807, 2.05) is 0 Å². The summed E-state index contributed by atoms with van der Waals surface area (Å²) in [5, 5.41) is 78.5. The Morgan fingerprint density at radius 3 is 1.97 bits per heavy atom. The Hall–Kier alpha value is -4.25. The van der Waals surface area contributed by atoms with Gasteiger partial charge in [0.05, 0.1) is 11.7 Å². The van der Waals surface area contributed by atoms with Crippen LogP contribution in [0.25, 0.3) is 0 Å². The van der Waals surface area contributed by atoms with Gasteiger partial charge in [0, 0.05) is 24.0 Å². The molecule has 2 aromatic carbocycles. The number of allylic oxidation sites excluding steroid dienone is 1. The SMILES string of the molecule is O=C(O[C@@H]1CC2=C(O)CC(O)C=C2O[C@@H]1c1cc(O)c(O)c(O)c1)c1cc(O)c(O)c(O)c1. The van der Waals surface area contributed by atoms with Gasteiger partial charge >= 0.3 is 5.97 Å². The number of benzene rings is 2. The average molecular weight is 460 g/mol. The molecule has 1 heterocycles. The first kappa shape index (κ1) is 22.0. The van der Waals surface area contributed by atoms with Crippen LogP contribution in [-0.2, 0) is 9.47 Å². The molecule has 3 atom stereocenters. The quantitative estimate of drug-likeness (QED) is 0.246. The van der Waals surface area contributed by atoms with Crippen LogP contribution >= 0.6 is 0 Å². The number of aromatic hydroxyl groups is 6. The molecule has 33 heavy (non-hydrogen) atoms. The minimum absolute atomic E-state index is 0.0754. The van der Waals surface area contributed by atoms with Crippen molar-refractivity contribution < 1.29 is 55.1 Å². The number of aliphatic hydroxyl groups excluding tert-OH is 2. The second-order valence-corrected chi connectivity index (χ2v) is 7.68. The van der Waals surface area contributed by atoms with Gasteiger partial charge in [-0.15, -0.1) is 0 Å². The molecule has 0 amide bonds. The molecular weight excluding hydrogens is 440 g/mol. The standard InChI is InChI=1S/C22H20O11/c23-10-5-12(24)11-7-18(33-22(31)9-3-15(27)20(30)16(28)4-9)21(32-17(11)6-10)8-1-13(25)19(29)14(26)2-8/h1-4,6,10,18,21,23-30H,5,7H2/t10?,18-,21-/m1/s1. The zero-order valence-corrected chi connectivity index (χ0v) is 16.8. The Kier molecular flexibility index (Phi) is 5.34. The van der Waals surface area contributed by atoms with E-state index in [4.69, 9.17) is 9.47 Å². The van der Waals surface area contributed by atoms with Crippen LogP contribution in [0.1, 0.15) is 34.9 Å². The van der Waals surface area contributed by atoms with E-state index in [2.05, 4.69) is 0 Å². The van der Waals surface area contributed by atoms with Crippen molar-refractivity contribution in [2.75, 3.05) is 0 Å². The van der Waals surface area contributed by atoms with Gasteiger partial charge in [-0.25, -0.2) is 4.79 Å². The van der Waals surface area contributed by atoms with E-state index in [1.165, 1.54) is 6.08 Å². The number of rotatable bonds is 3. The largest absolute Gasteiger partial charge is 0.512 e. The number of phenolic OH excluding ortho intramolecular Hbond substituents is 6. The van der Waals surface area contributed by atoms with E-state index in [9.17, 15) is 45.6 Å². The summed E-state index contributed by atoms with van der Waals surface area (Å²) in [6, 6.07) is 3.95. The molecule has 11 heteroatoms. The maximum absolute atomic E-state index is 12.7. The highest BCUT2D eigenvalue weighted by Gasteiger charge is 2.40. The van der Waals surface area contributed by atoms with Gasteiger partial charge in [-0.05, 0) is 30.3 Å². The highest BCUT2D eigenvalue weighted by molar-refractivity contribution is 5.91. The monoisotopic (exact) mass is 460 g/mol. The minimum Gasteiger partial charge on any atom is -0.512 e. The van der Waals surface area contributed by atoms with Crippen LogP contribution in [0, 0.1) is 0 Å². The molecule has 1 aliphatic carbocycles. The van der Waals surface area contributed by atoms with Gasteiger partial charge in [-0.1, -0.05) is 0 Å². The van der Waals surface area contributed by atoms with Gasteiger partial charge in [-0.3, -0.25) is 0 Å². The lowest BCUT2D eigenvalue weighted by molar-refractivity contribution is -0.0474. The number of carbonyl (C=O) groups is 1. The van der Waals surface area contributed by atoms with Crippen molar-refractivity contribution in [3.05, 3.63) is 58.6 Å². The molecule has 174 valence electrons. The lowest BCUT2D eigenvalue weighted by Gasteiger charge is -2.37. The summed E-state index contributed by atoms with van der Waals surface area (Å²) >= 11 is 0. The molecule has 1 saturated heterocycles. The van der Waals surface area contributed by atoms with Crippen molar-refractivity contribution >= 4 is 5.97 Å². The van der Waals surface area contributed by atoms with Crippen molar-refractivity contribution in [3.63, 3.8) is 0 Å². The minimum atomic E-state index is -1.15. The summed E-state index contributed by atoms with van der Waals surface area (Å²) in [6.07, 6.45) is -2.13. The van der Waals surface area contributed by atoms with Crippen LogP contribution in [0.2, 0.25) is 0 Å². The molecule has 0 bridgehead atoms. The molecular formula is C22H20O11. The molecule has 1 unspecified atom stereocenters. The molecule has 8 N–H and O–H groups in total. The van der Waals surface area contributed by atoms with Gasteiger partial charge < -0.3 is 50.3 Å². The number of aliphatic hydroxyl groups is 2. The Bertz CT molecular complexity index is 1150. The molecule has 2 aliphatic rings. The second kappa shape index (κ2) is 8.02. The molecule has 4 rings (SSSR count). The number of esters is 1. The maximum atomic E-state index is 12.7. The Morgan fingerprint density at radius 1 is 0.848 bits per heavy atom. The second-order valence-electron chi connectivity index (χ2n) is 7.68. The Labute approximate surface area is 185 Å². The summed E-state index contributed by atoms with van der Waals surface area (Å²) in [7, 11) is 0. The smallest absolute Gasteiger partial charge is 0.338 e.